The second-order valence-electron chi connectivity index (χ2n) is 11.2. The summed E-state index contributed by atoms with van der Waals surface area (Å²) >= 11 is 0. The number of benzene rings is 2. The first kappa shape index (κ1) is 29.4. The minimum atomic E-state index is -2.12. The van der Waals surface area contributed by atoms with Gasteiger partial charge in [0.2, 0.25) is 5.78 Å². The van der Waals surface area contributed by atoms with Gasteiger partial charge in [-0.25, -0.2) is 0 Å². The van der Waals surface area contributed by atoms with E-state index in [1.165, 1.54) is 25.3 Å². The molecule has 2 fully saturated rings. The first-order valence-electron chi connectivity index (χ1n) is 14.1. The summed E-state index contributed by atoms with van der Waals surface area (Å²) in [5.41, 5.74) is -0.682. The van der Waals surface area contributed by atoms with Crippen LogP contribution in [0.25, 0.3) is 0 Å². The van der Waals surface area contributed by atoms with Crippen LogP contribution in [0.2, 0.25) is 0 Å². The number of phenols is 2. The number of phenolic OH excluding ortho intramolecular Hbond substituents is 2. The zero-order valence-electron chi connectivity index (χ0n) is 23.6. The highest BCUT2D eigenvalue weighted by atomic mass is 16.7. The lowest BCUT2D eigenvalue weighted by molar-refractivity contribution is -0.244. The molecule has 0 radical (unpaired) electrons. The summed E-state index contributed by atoms with van der Waals surface area (Å²) in [7, 11) is 1.35. The van der Waals surface area contributed by atoms with E-state index in [0.717, 1.165) is 0 Å². The number of aliphatic hydroxyl groups is 1. The summed E-state index contributed by atoms with van der Waals surface area (Å²) < 4.78 is 23.4. The molecule has 4 aliphatic rings. The minimum absolute atomic E-state index is 0.00847. The smallest absolute Gasteiger partial charge is 0.252 e. The Labute approximate surface area is 246 Å². The van der Waals surface area contributed by atoms with E-state index in [4.69, 9.17) is 24.8 Å². The predicted octanol–water partition coefficient (Wildman–Crippen LogP) is -0.354. The normalized spacial score (nSPS) is 29.3. The van der Waals surface area contributed by atoms with E-state index < -0.39 is 64.5 Å². The van der Waals surface area contributed by atoms with E-state index in [-0.39, 0.29) is 65.8 Å². The molecule has 6 unspecified atom stereocenters. The molecule has 2 saturated heterocycles. The van der Waals surface area contributed by atoms with Gasteiger partial charge >= 0.3 is 0 Å². The first-order valence-corrected chi connectivity index (χ1v) is 14.1. The molecule has 0 saturated carbocycles. The van der Waals surface area contributed by atoms with Gasteiger partial charge in [-0.3, -0.25) is 31.0 Å². The fourth-order valence-corrected chi connectivity index (χ4v) is 6.63. The molecule has 8 N–H and O–H groups in total. The number of hydrogen-bond donors (Lipinski definition) is 7. The summed E-state index contributed by atoms with van der Waals surface area (Å²) in [5.74, 6) is 2.03. The molecule has 2 aromatic carbocycles. The van der Waals surface area contributed by atoms with Crippen LogP contribution in [0, 0.1) is 0 Å². The number of rotatable bonds is 7. The van der Waals surface area contributed by atoms with Crippen molar-refractivity contribution in [2.24, 2.45) is 5.84 Å². The molecule has 230 valence electrons. The Morgan fingerprint density at radius 3 is 2.67 bits per heavy atom. The van der Waals surface area contributed by atoms with Crippen LogP contribution in [-0.4, -0.2) is 89.9 Å². The van der Waals surface area contributed by atoms with Crippen LogP contribution in [0.4, 0.5) is 0 Å². The number of carbonyl (C=O) groups is 3. The van der Waals surface area contributed by atoms with Gasteiger partial charge in [0, 0.05) is 55.1 Å². The van der Waals surface area contributed by atoms with Crippen molar-refractivity contribution in [2.75, 3.05) is 26.9 Å². The SMILES string of the molecule is COc1cccc2c1C(=O)c1c(O)c3c(c(O)c1C2=O)CC(O)(C(=O)NCCNN)CC3OC1CC2NCOC2C(C)O1. The van der Waals surface area contributed by atoms with Crippen LogP contribution in [-0.2, 0) is 25.4 Å². The topological polar surface area (TPSA) is 211 Å². The Balaban J connectivity index is 1.46. The van der Waals surface area contributed by atoms with Crippen molar-refractivity contribution in [3.8, 4) is 17.2 Å². The number of hydrazine groups is 1. The minimum Gasteiger partial charge on any atom is -0.507 e. The summed E-state index contributed by atoms with van der Waals surface area (Å²) in [5, 5.41) is 40.8. The first-order chi connectivity index (χ1) is 20.6. The summed E-state index contributed by atoms with van der Waals surface area (Å²) in [4.78, 5) is 40.8. The molecular weight excluding hydrogens is 564 g/mol. The Morgan fingerprint density at radius 1 is 1.16 bits per heavy atom. The summed E-state index contributed by atoms with van der Waals surface area (Å²) in [6.07, 6.45) is -3.09. The van der Waals surface area contributed by atoms with Crippen LogP contribution >= 0.6 is 0 Å². The van der Waals surface area contributed by atoms with Crippen LogP contribution in [0.1, 0.15) is 68.8 Å². The lowest BCUT2D eigenvalue weighted by Gasteiger charge is -2.42. The number of amides is 1. The molecule has 6 atom stereocenters. The number of nitrogens with one attached hydrogen (secondary N) is 3. The molecule has 2 heterocycles. The number of nitrogens with two attached hydrogens (primary N) is 1. The van der Waals surface area contributed by atoms with E-state index in [9.17, 15) is 29.7 Å². The number of ketones is 2. The van der Waals surface area contributed by atoms with Crippen molar-refractivity contribution < 1.29 is 48.7 Å². The van der Waals surface area contributed by atoms with Crippen LogP contribution in [0.15, 0.2) is 18.2 Å². The van der Waals surface area contributed by atoms with Gasteiger partial charge in [0.25, 0.3) is 5.91 Å². The van der Waals surface area contributed by atoms with Crippen LogP contribution < -0.4 is 26.6 Å². The van der Waals surface area contributed by atoms with Gasteiger partial charge in [0.15, 0.2) is 12.1 Å². The van der Waals surface area contributed by atoms with Crippen molar-refractivity contribution in [3.63, 3.8) is 0 Å². The molecular formula is C29H34N4O10. The highest BCUT2D eigenvalue weighted by Gasteiger charge is 2.51. The third kappa shape index (κ3) is 4.75. The highest BCUT2D eigenvalue weighted by molar-refractivity contribution is 6.31. The van der Waals surface area contributed by atoms with Crippen molar-refractivity contribution in [1.82, 2.24) is 16.1 Å². The number of methoxy groups -OCH3 is 1. The molecule has 0 bridgehead atoms. The molecule has 43 heavy (non-hydrogen) atoms. The quantitative estimate of drug-likeness (QED) is 0.0803. The van der Waals surface area contributed by atoms with Crippen molar-refractivity contribution in [2.45, 2.75) is 62.4 Å². The predicted molar refractivity (Wildman–Crippen MR) is 148 cm³/mol. The number of hydrogen-bond acceptors (Lipinski definition) is 13. The zero-order chi connectivity index (χ0) is 30.6. The Hall–Kier alpha value is -3.63. The maximum Gasteiger partial charge on any atom is 0.252 e. The van der Waals surface area contributed by atoms with E-state index in [1.807, 2.05) is 6.92 Å². The molecule has 2 aliphatic carbocycles. The molecule has 6 rings (SSSR count). The van der Waals surface area contributed by atoms with Gasteiger partial charge in [-0.1, -0.05) is 12.1 Å². The van der Waals surface area contributed by atoms with E-state index in [1.54, 1.807) is 0 Å². The molecule has 0 aromatic heterocycles. The average molecular weight is 599 g/mol. The van der Waals surface area contributed by atoms with Gasteiger partial charge in [-0.2, -0.15) is 0 Å². The van der Waals surface area contributed by atoms with Gasteiger partial charge in [-0.05, 0) is 13.0 Å². The molecule has 14 nitrogen and oxygen atoms in total. The van der Waals surface area contributed by atoms with Gasteiger partial charge in [-0.15, -0.1) is 0 Å². The van der Waals surface area contributed by atoms with E-state index in [2.05, 4.69) is 16.1 Å². The fraction of sp³-hybridized carbons (Fsp3) is 0.483. The molecule has 2 aromatic rings. The number of fused-ring (bicyclic) bond motifs is 4. The summed E-state index contributed by atoms with van der Waals surface area (Å²) in [6.45, 7) is 2.50. The Kier molecular flexibility index (Phi) is 7.62. The Bertz CT molecular complexity index is 1500. The fourth-order valence-electron chi connectivity index (χ4n) is 6.63. The lowest BCUT2D eigenvalue weighted by Crippen LogP contribution is -2.54. The highest BCUT2D eigenvalue weighted by Crippen LogP contribution is 2.52. The van der Waals surface area contributed by atoms with Crippen molar-refractivity contribution in [3.05, 3.63) is 51.6 Å². The van der Waals surface area contributed by atoms with Crippen LogP contribution in [0.5, 0.6) is 17.2 Å². The molecule has 1 amide bonds. The lowest BCUT2D eigenvalue weighted by atomic mass is 9.72. The second-order valence-corrected chi connectivity index (χ2v) is 11.2. The second kappa shape index (κ2) is 11.1. The molecule has 2 aliphatic heterocycles. The summed E-state index contributed by atoms with van der Waals surface area (Å²) in [6, 6.07) is 4.39. The van der Waals surface area contributed by atoms with E-state index >= 15 is 0 Å². The maximum absolute atomic E-state index is 13.8. The van der Waals surface area contributed by atoms with Crippen LogP contribution in [0.3, 0.4) is 0 Å². The average Bonchev–Trinajstić information content (AvgIpc) is 3.46. The molecule has 14 heteroatoms. The molecule has 0 spiro atoms. The van der Waals surface area contributed by atoms with Gasteiger partial charge in [0.1, 0.15) is 29.0 Å². The Morgan fingerprint density at radius 2 is 1.93 bits per heavy atom. The maximum atomic E-state index is 13.8. The van der Waals surface area contributed by atoms with Gasteiger partial charge in [0.05, 0.1) is 42.7 Å². The number of aromatic hydroxyl groups is 2. The third-order valence-electron chi connectivity index (χ3n) is 8.66. The number of carbonyl (C=O) groups excluding carboxylic acids is 3. The monoisotopic (exact) mass is 598 g/mol. The van der Waals surface area contributed by atoms with Crippen molar-refractivity contribution >= 4 is 17.5 Å². The standard InChI is InChI=1S/C29H34N4O10/c1-12-27-15(32-11-41-27)8-18(42-12)43-17-10-29(39,28(38)31-6-7-33-30)9-14-20(17)26(37)22-21(24(14)35)23(34)13-4-3-5-16(40-2)19(13)25(22)36/h3-5,12,15,17-18,27,32-33,35,37,39H,6-11,30H2,1-2H3,(H,31,38). The zero-order valence-corrected chi connectivity index (χ0v) is 23.6. The van der Waals surface area contributed by atoms with Gasteiger partial charge < -0.3 is 39.6 Å². The van der Waals surface area contributed by atoms with Crippen molar-refractivity contribution in [1.29, 1.82) is 0 Å². The van der Waals surface area contributed by atoms with E-state index in [0.29, 0.717) is 13.2 Å². The largest absolute Gasteiger partial charge is 0.507 e. The number of ether oxygens (including phenoxy) is 4. The third-order valence-corrected chi connectivity index (χ3v) is 8.66.